The maximum Gasteiger partial charge on any atom is 0.115 e. The minimum absolute atomic E-state index is 0.209. The Morgan fingerprint density at radius 3 is 2.78 bits per heavy atom. The van der Waals surface area contributed by atoms with Crippen LogP contribution >= 0.6 is 0 Å². The zero-order valence-corrected chi connectivity index (χ0v) is 14.4. The summed E-state index contributed by atoms with van der Waals surface area (Å²) >= 11 is 0. The molecule has 0 aromatic heterocycles. The van der Waals surface area contributed by atoms with Gasteiger partial charge in [-0.05, 0) is 74.8 Å². The van der Waals surface area contributed by atoms with Gasteiger partial charge in [-0.25, -0.2) is 0 Å². The lowest BCUT2D eigenvalue weighted by molar-refractivity contribution is -0.138. The molecule has 0 spiro atoms. The Balaban J connectivity index is 1.80. The first kappa shape index (κ1) is 15.5. The second-order valence-electron chi connectivity index (χ2n) is 8.23. The van der Waals surface area contributed by atoms with Crippen LogP contribution < -0.4 is 0 Å². The first-order valence-corrected chi connectivity index (χ1v) is 9.27. The number of piperidine rings is 1. The molecule has 2 fully saturated rings. The molecule has 3 heteroatoms. The monoisotopic (exact) mass is 315 g/mol. The van der Waals surface area contributed by atoms with Crippen molar-refractivity contribution >= 4 is 0 Å². The van der Waals surface area contributed by atoms with Crippen molar-refractivity contribution in [3.05, 3.63) is 29.3 Å². The Morgan fingerprint density at radius 2 is 2.09 bits per heavy atom. The number of aromatic hydroxyl groups is 1. The van der Waals surface area contributed by atoms with Gasteiger partial charge >= 0.3 is 0 Å². The first-order valence-electron chi connectivity index (χ1n) is 9.27. The Labute approximate surface area is 139 Å². The first-order chi connectivity index (χ1) is 11.0. The van der Waals surface area contributed by atoms with Crippen molar-refractivity contribution in [3.63, 3.8) is 0 Å². The van der Waals surface area contributed by atoms with Gasteiger partial charge < -0.3 is 10.2 Å². The van der Waals surface area contributed by atoms with Crippen molar-refractivity contribution in [2.24, 2.45) is 5.92 Å². The summed E-state index contributed by atoms with van der Waals surface area (Å²) in [5.74, 6) is 1.18. The third-order valence-corrected chi connectivity index (χ3v) is 6.77. The highest BCUT2D eigenvalue weighted by atomic mass is 16.3. The number of hydrogen-bond donors (Lipinski definition) is 2. The van der Waals surface area contributed by atoms with Crippen molar-refractivity contribution in [3.8, 4) is 5.75 Å². The maximum atomic E-state index is 11.7. The minimum atomic E-state index is -0.725. The highest BCUT2D eigenvalue weighted by Crippen LogP contribution is 2.54. The molecule has 1 saturated heterocycles. The van der Waals surface area contributed by atoms with Crippen LogP contribution in [0.2, 0.25) is 0 Å². The highest BCUT2D eigenvalue weighted by molar-refractivity contribution is 5.47. The molecule has 2 bridgehead atoms. The number of nitrogens with zero attached hydrogens (tertiary/aromatic N) is 1. The van der Waals surface area contributed by atoms with Gasteiger partial charge in [0.25, 0.3) is 0 Å². The molecule has 1 aromatic rings. The van der Waals surface area contributed by atoms with E-state index in [1.54, 1.807) is 6.07 Å². The van der Waals surface area contributed by atoms with Crippen LogP contribution in [0.1, 0.15) is 57.1 Å². The number of phenols is 1. The minimum Gasteiger partial charge on any atom is -0.508 e. The largest absolute Gasteiger partial charge is 0.508 e. The molecule has 4 rings (SSSR count). The van der Waals surface area contributed by atoms with E-state index in [4.69, 9.17) is 0 Å². The van der Waals surface area contributed by atoms with Gasteiger partial charge in [-0.3, -0.25) is 4.90 Å². The summed E-state index contributed by atoms with van der Waals surface area (Å²) in [7, 11) is 0. The molecule has 126 valence electrons. The smallest absolute Gasteiger partial charge is 0.115 e. The number of aliphatic hydroxyl groups is 1. The van der Waals surface area contributed by atoms with Crippen molar-refractivity contribution < 1.29 is 10.2 Å². The summed E-state index contributed by atoms with van der Waals surface area (Å²) < 4.78 is 0. The Morgan fingerprint density at radius 1 is 1.30 bits per heavy atom. The lowest BCUT2D eigenvalue weighted by Gasteiger charge is -2.61. The van der Waals surface area contributed by atoms with E-state index in [1.165, 1.54) is 24.0 Å². The lowest BCUT2D eigenvalue weighted by atomic mass is 9.53. The van der Waals surface area contributed by atoms with E-state index in [-0.39, 0.29) is 11.5 Å². The van der Waals surface area contributed by atoms with Crippen LogP contribution in [0.4, 0.5) is 0 Å². The van der Waals surface area contributed by atoms with Crippen LogP contribution in [-0.2, 0) is 11.8 Å². The predicted octanol–water partition coefficient (Wildman–Crippen LogP) is 3.22. The molecule has 2 aliphatic carbocycles. The summed E-state index contributed by atoms with van der Waals surface area (Å²) in [4.78, 5) is 2.56. The van der Waals surface area contributed by atoms with Crippen molar-refractivity contribution in [1.29, 1.82) is 0 Å². The van der Waals surface area contributed by atoms with Gasteiger partial charge in [-0.2, -0.15) is 0 Å². The molecular weight excluding hydrogens is 286 g/mol. The van der Waals surface area contributed by atoms with Gasteiger partial charge in [0.1, 0.15) is 5.75 Å². The molecule has 3 nitrogen and oxygen atoms in total. The predicted molar refractivity (Wildman–Crippen MR) is 91.7 cm³/mol. The number of hydrogen-bond acceptors (Lipinski definition) is 3. The van der Waals surface area contributed by atoms with Crippen molar-refractivity contribution in [2.75, 3.05) is 13.1 Å². The second kappa shape index (κ2) is 5.22. The van der Waals surface area contributed by atoms with Gasteiger partial charge in [0.15, 0.2) is 0 Å². The molecule has 3 atom stereocenters. The molecule has 23 heavy (non-hydrogen) atoms. The van der Waals surface area contributed by atoms with Gasteiger partial charge in [-0.15, -0.1) is 0 Å². The van der Waals surface area contributed by atoms with Gasteiger partial charge in [-0.1, -0.05) is 19.4 Å². The Kier molecular flexibility index (Phi) is 3.51. The molecule has 1 aromatic carbocycles. The lowest BCUT2D eigenvalue weighted by Crippen LogP contribution is -2.70. The summed E-state index contributed by atoms with van der Waals surface area (Å²) in [6.07, 6.45) is 6.66. The number of fused-ring (bicyclic) bond motifs is 4. The number of phenolic OH excluding ortho intramolecular Hbond substituents is 1. The molecular formula is C20H29NO2. The molecule has 1 saturated carbocycles. The van der Waals surface area contributed by atoms with Crippen molar-refractivity contribution in [1.82, 2.24) is 4.90 Å². The average Bonchev–Trinajstić information content (AvgIpc) is 3.30. The third kappa shape index (κ3) is 2.24. The summed E-state index contributed by atoms with van der Waals surface area (Å²) in [6.45, 7) is 6.48. The maximum absolute atomic E-state index is 11.7. The van der Waals surface area contributed by atoms with Gasteiger partial charge in [0.05, 0.1) is 5.60 Å². The van der Waals surface area contributed by atoms with E-state index < -0.39 is 5.60 Å². The quantitative estimate of drug-likeness (QED) is 0.896. The Bertz CT molecular complexity index is 608. The molecule has 1 aliphatic heterocycles. The van der Waals surface area contributed by atoms with Crippen LogP contribution in [0.3, 0.4) is 0 Å². The standard InChI is InChI=1S/C20H29NO2/c1-3-8-20-9-10-21(13-14-4-5-14)18(19(20,2)23)11-15-6-7-16(22)12-17(15)20/h6-7,12,14,18,22-23H,3-5,8-11,13H2,1-2H3/t18-,19-,20+/m1/s1. The fourth-order valence-electron chi connectivity index (χ4n) is 5.34. The summed E-state index contributed by atoms with van der Waals surface area (Å²) in [5.41, 5.74) is 1.59. The SMILES string of the molecule is CCC[C@]12CCN(CC3CC3)[C@H](Cc3ccc(O)cc31)[C@@]2(C)O. The van der Waals surface area contributed by atoms with E-state index in [0.717, 1.165) is 44.7 Å². The molecule has 2 N–H and O–H groups in total. The van der Waals surface area contributed by atoms with Crippen LogP contribution in [0.25, 0.3) is 0 Å². The number of likely N-dealkylation sites (tertiary alicyclic amines) is 1. The Hall–Kier alpha value is -1.06. The summed E-state index contributed by atoms with van der Waals surface area (Å²) in [5, 5.41) is 21.7. The van der Waals surface area contributed by atoms with Crippen LogP contribution in [0, 0.1) is 5.92 Å². The van der Waals surface area contributed by atoms with E-state index in [2.05, 4.69) is 24.8 Å². The van der Waals surface area contributed by atoms with Gasteiger partial charge in [0.2, 0.25) is 0 Å². The molecule has 3 aliphatic rings. The molecule has 1 heterocycles. The highest BCUT2D eigenvalue weighted by Gasteiger charge is 2.59. The van der Waals surface area contributed by atoms with Crippen LogP contribution in [0.5, 0.6) is 5.75 Å². The van der Waals surface area contributed by atoms with Crippen LogP contribution in [-0.4, -0.2) is 39.8 Å². The zero-order chi connectivity index (χ0) is 16.2. The van der Waals surface area contributed by atoms with Crippen LogP contribution in [0.15, 0.2) is 18.2 Å². The zero-order valence-electron chi connectivity index (χ0n) is 14.4. The fraction of sp³-hybridized carbons (Fsp3) is 0.700. The van der Waals surface area contributed by atoms with Crippen molar-refractivity contribution in [2.45, 2.75) is 69.4 Å². The molecule has 0 unspecified atom stereocenters. The van der Waals surface area contributed by atoms with E-state index in [9.17, 15) is 10.2 Å². The number of rotatable bonds is 4. The normalized spacial score (nSPS) is 36.7. The summed E-state index contributed by atoms with van der Waals surface area (Å²) in [6, 6.07) is 6.02. The van der Waals surface area contributed by atoms with E-state index >= 15 is 0 Å². The second-order valence-corrected chi connectivity index (χ2v) is 8.23. The van der Waals surface area contributed by atoms with E-state index in [0.29, 0.717) is 5.75 Å². The topological polar surface area (TPSA) is 43.7 Å². The third-order valence-electron chi connectivity index (χ3n) is 6.77. The number of benzene rings is 1. The van der Waals surface area contributed by atoms with Gasteiger partial charge in [0, 0.05) is 18.0 Å². The average molecular weight is 315 g/mol. The van der Waals surface area contributed by atoms with E-state index in [1.807, 2.05) is 6.07 Å². The fourth-order valence-corrected chi connectivity index (χ4v) is 5.34. The molecule has 0 amide bonds. The molecule has 0 radical (unpaired) electrons.